The summed E-state index contributed by atoms with van der Waals surface area (Å²) >= 11 is 0. The van der Waals surface area contributed by atoms with Gasteiger partial charge >= 0.3 is 0 Å². The minimum atomic E-state index is -0.486. The molecule has 1 aliphatic heterocycles. The molecule has 25 heavy (non-hydrogen) atoms. The van der Waals surface area contributed by atoms with Gasteiger partial charge in [-0.05, 0) is 24.0 Å². The third-order valence-corrected chi connectivity index (χ3v) is 5.15. The zero-order valence-corrected chi connectivity index (χ0v) is 14.6. The first-order valence-electron chi connectivity index (χ1n) is 8.99. The van der Waals surface area contributed by atoms with Crippen LogP contribution in [0.5, 0.6) is 0 Å². The maximum atomic E-state index is 10.6. The number of aliphatic hydroxyl groups is 2. The summed E-state index contributed by atoms with van der Waals surface area (Å²) < 4.78 is 0. The van der Waals surface area contributed by atoms with Crippen LogP contribution in [-0.4, -0.2) is 47.5 Å². The number of nitrogens with zero attached hydrogens (tertiary/aromatic N) is 1. The number of likely N-dealkylation sites (tertiary alicyclic amines) is 1. The molecular formula is C22H27NO2. The number of rotatable bonds is 6. The molecule has 1 fully saturated rings. The van der Waals surface area contributed by atoms with Gasteiger partial charge in [0.1, 0.15) is 0 Å². The van der Waals surface area contributed by atoms with Gasteiger partial charge in [0.25, 0.3) is 0 Å². The van der Waals surface area contributed by atoms with E-state index in [-0.39, 0.29) is 6.61 Å². The van der Waals surface area contributed by atoms with Crippen LogP contribution in [0, 0.1) is 5.41 Å². The maximum absolute atomic E-state index is 10.6. The van der Waals surface area contributed by atoms with Gasteiger partial charge in [-0.2, -0.15) is 0 Å². The monoisotopic (exact) mass is 337 g/mol. The highest BCUT2D eigenvalue weighted by atomic mass is 16.3. The number of hydrogen-bond acceptors (Lipinski definition) is 3. The fraction of sp³-hybridized carbons (Fsp3) is 0.364. The van der Waals surface area contributed by atoms with Crippen LogP contribution in [0.3, 0.4) is 0 Å². The van der Waals surface area contributed by atoms with Crippen LogP contribution in [0.15, 0.2) is 66.7 Å². The third-order valence-electron chi connectivity index (χ3n) is 5.15. The molecular weight excluding hydrogens is 310 g/mol. The molecule has 0 radical (unpaired) electrons. The van der Waals surface area contributed by atoms with E-state index in [0.29, 0.717) is 19.4 Å². The lowest BCUT2D eigenvalue weighted by atomic mass is 9.73. The van der Waals surface area contributed by atoms with Gasteiger partial charge in [0.2, 0.25) is 0 Å². The SMILES string of the molecule is OC[C@@]1(Cc2ccccc2)CN(CC=Cc2ccccc2)CC[C@@H]1O. The molecule has 3 rings (SSSR count). The van der Waals surface area contributed by atoms with Crippen LogP contribution >= 0.6 is 0 Å². The molecule has 132 valence electrons. The standard InChI is InChI=1S/C22H27NO2/c24-18-22(16-20-10-5-2-6-11-20)17-23(15-13-21(22)25)14-7-12-19-8-3-1-4-9-19/h1-12,21,24-25H,13-18H2/t21-,22+/m0/s1. The van der Waals surface area contributed by atoms with E-state index >= 15 is 0 Å². The Hall–Kier alpha value is -1.94. The molecule has 1 saturated heterocycles. The van der Waals surface area contributed by atoms with Gasteiger partial charge in [-0.25, -0.2) is 0 Å². The van der Waals surface area contributed by atoms with Crippen LogP contribution in [0.25, 0.3) is 6.08 Å². The zero-order chi connectivity index (χ0) is 17.5. The Kier molecular flexibility index (Phi) is 6.03. The van der Waals surface area contributed by atoms with E-state index in [9.17, 15) is 10.2 Å². The highest BCUT2D eigenvalue weighted by Crippen LogP contribution is 2.33. The Bertz CT molecular complexity index is 671. The molecule has 0 saturated carbocycles. The summed E-state index contributed by atoms with van der Waals surface area (Å²) in [6.07, 6.45) is 5.23. The van der Waals surface area contributed by atoms with Gasteiger partial charge in [0, 0.05) is 25.0 Å². The number of benzene rings is 2. The van der Waals surface area contributed by atoms with Crippen molar-refractivity contribution in [3.8, 4) is 0 Å². The predicted molar refractivity (Wildman–Crippen MR) is 102 cm³/mol. The average Bonchev–Trinajstić information content (AvgIpc) is 2.66. The average molecular weight is 337 g/mol. The molecule has 1 aliphatic rings. The second kappa shape index (κ2) is 8.43. The lowest BCUT2D eigenvalue weighted by Crippen LogP contribution is -2.54. The van der Waals surface area contributed by atoms with E-state index in [0.717, 1.165) is 18.7 Å². The number of piperidine rings is 1. The van der Waals surface area contributed by atoms with Gasteiger partial charge in [0.05, 0.1) is 12.7 Å². The lowest BCUT2D eigenvalue weighted by Gasteiger charge is -2.45. The minimum absolute atomic E-state index is 0.00194. The van der Waals surface area contributed by atoms with E-state index in [1.54, 1.807) is 0 Å². The largest absolute Gasteiger partial charge is 0.396 e. The van der Waals surface area contributed by atoms with E-state index in [1.165, 1.54) is 5.56 Å². The van der Waals surface area contributed by atoms with Crippen molar-refractivity contribution >= 4 is 6.08 Å². The quantitative estimate of drug-likeness (QED) is 0.852. The second-order valence-corrected chi connectivity index (χ2v) is 7.04. The Morgan fingerprint density at radius 1 is 1.04 bits per heavy atom. The molecule has 2 N–H and O–H groups in total. The molecule has 3 heteroatoms. The number of hydrogen-bond donors (Lipinski definition) is 2. The minimum Gasteiger partial charge on any atom is -0.396 e. The van der Waals surface area contributed by atoms with Crippen LogP contribution in [0.4, 0.5) is 0 Å². The summed E-state index contributed by atoms with van der Waals surface area (Å²) in [7, 11) is 0. The Morgan fingerprint density at radius 2 is 1.72 bits per heavy atom. The van der Waals surface area contributed by atoms with Crippen molar-refractivity contribution in [3.63, 3.8) is 0 Å². The highest BCUT2D eigenvalue weighted by molar-refractivity contribution is 5.48. The van der Waals surface area contributed by atoms with E-state index in [4.69, 9.17) is 0 Å². The summed E-state index contributed by atoms with van der Waals surface area (Å²) in [4.78, 5) is 2.32. The predicted octanol–water partition coefficient (Wildman–Crippen LogP) is 2.99. The first kappa shape index (κ1) is 17.9. The molecule has 0 amide bonds. The molecule has 1 heterocycles. The summed E-state index contributed by atoms with van der Waals surface area (Å²) in [5.41, 5.74) is 1.87. The van der Waals surface area contributed by atoms with Gasteiger partial charge < -0.3 is 10.2 Å². The van der Waals surface area contributed by atoms with Crippen molar-refractivity contribution in [1.29, 1.82) is 0 Å². The lowest BCUT2D eigenvalue weighted by molar-refractivity contribution is -0.0722. The zero-order valence-electron chi connectivity index (χ0n) is 14.6. The molecule has 0 spiro atoms. The van der Waals surface area contributed by atoms with Gasteiger partial charge in [0.15, 0.2) is 0 Å². The van der Waals surface area contributed by atoms with Crippen LogP contribution in [-0.2, 0) is 6.42 Å². The number of aliphatic hydroxyl groups excluding tert-OH is 2. The Morgan fingerprint density at radius 3 is 2.40 bits per heavy atom. The van der Waals surface area contributed by atoms with Crippen molar-refractivity contribution in [3.05, 3.63) is 77.9 Å². The third kappa shape index (κ3) is 4.57. The molecule has 0 aliphatic carbocycles. The van der Waals surface area contributed by atoms with Gasteiger partial charge in [-0.3, -0.25) is 4.90 Å². The van der Waals surface area contributed by atoms with E-state index in [2.05, 4.69) is 41.3 Å². The van der Waals surface area contributed by atoms with E-state index in [1.807, 2.05) is 36.4 Å². The molecule has 0 unspecified atom stereocenters. The summed E-state index contributed by atoms with van der Waals surface area (Å²) in [5.74, 6) is 0. The Labute approximate surface area is 150 Å². The molecule has 2 atom stereocenters. The van der Waals surface area contributed by atoms with Crippen molar-refractivity contribution in [2.24, 2.45) is 5.41 Å². The summed E-state index contributed by atoms with van der Waals surface area (Å²) in [6, 6.07) is 20.4. The maximum Gasteiger partial charge on any atom is 0.0646 e. The van der Waals surface area contributed by atoms with Crippen molar-refractivity contribution in [2.75, 3.05) is 26.2 Å². The second-order valence-electron chi connectivity index (χ2n) is 7.04. The molecule has 2 aromatic carbocycles. The Balaban J connectivity index is 1.66. The molecule has 2 aromatic rings. The first-order valence-corrected chi connectivity index (χ1v) is 8.99. The van der Waals surface area contributed by atoms with Crippen LogP contribution in [0.1, 0.15) is 17.5 Å². The smallest absolute Gasteiger partial charge is 0.0646 e. The fourth-order valence-corrected chi connectivity index (χ4v) is 3.69. The fourth-order valence-electron chi connectivity index (χ4n) is 3.69. The van der Waals surface area contributed by atoms with Crippen LogP contribution in [0.2, 0.25) is 0 Å². The van der Waals surface area contributed by atoms with Crippen LogP contribution < -0.4 is 0 Å². The molecule has 3 nitrogen and oxygen atoms in total. The highest BCUT2D eigenvalue weighted by Gasteiger charge is 2.42. The molecule has 0 aromatic heterocycles. The van der Waals surface area contributed by atoms with Gasteiger partial charge in [-0.1, -0.05) is 72.8 Å². The summed E-state index contributed by atoms with van der Waals surface area (Å²) in [5, 5.41) is 20.7. The van der Waals surface area contributed by atoms with Gasteiger partial charge in [-0.15, -0.1) is 0 Å². The van der Waals surface area contributed by atoms with Crippen molar-refractivity contribution < 1.29 is 10.2 Å². The van der Waals surface area contributed by atoms with Crippen molar-refractivity contribution in [1.82, 2.24) is 4.90 Å². The normalized spacial score (nSPS) is 24.6. The van der Waals surface area contributed by atoms with Crippen molar-refractivity contribution in [2.45, 2.75) is 18.9 Å². The van der Waals surface area contributed by atoms with E-state index < -0.39 is 11.5 Å². The molecule has 0 bridgehead atoms. The summed E-state index contributed by atoms with van der Waals surface area (Å²) in [6.45, 7) is 2.40. The topological polar surface area (TPSA) is 43.7 Å². The first-order chi connectivity index (χ1) is 12.2.